The molecule has 0 amide bonds. The lowest BCUT2D eigenvalue weighted by atomic mass is 10.1. The van der Waals surface area contributed by atoms with Crippen LogP contribution in [-0.4, -0.2) is 31.0 Å². The van der Waals surface area contributed by atoms with Crippen molar-refractivity contribution in [3.05, 3.63) is 69.8 Å². The van der Waals surface area contributed by atoms with Gasteiger partial charge < -0.3 is 9.75 Å². The van der Waals surface area contributed by atoms with Gasteiger partial charge >= 0.3 is 0 Å². The number of aromatic nitrogens is 1. The second kappa shape index (κ2) is 7.48. The monoisotopic (exact) mass is 365 g/mol. The van der Waals surface area contributed by atoms with Gasteiger partial charge in [-0.3, -0.25) is 0 Å². The van der Waals surface area contributed by atoms with Crippen molar-refractivity contribution in [3.8, 4) is 11.3 Å². The van der Waals surface area contributed by atoms with E-state index in [1.807, 2.05) is 0 Å². The van der Waals surface area contributed by atoms with E-state index in [0.717, 1.165) is 36.8 Å². The summed E-state index contributed by atoms with van der Waals surface area (Å²) < 4.78 is 7.81. The summed E-state index contributed by atoms with van der Waals surface area (Å²) in [5.41, 5.74) is 5.89. The first-order valence-electron chi connectivity index (χ1n) is 8.93. The van der Waals surface area contributed by atoms with Crippen molar-refractivity contribution in [1.29, 1.82) is 0 Å². The van der Waals surface area contributed by atoms with Crippen LogP contribution in [0.15, 0.2) is 58.9 Å². The molecule has 26 heavy (non-hydrogen) atoms. The third-order valence-electron chi connectivity index (χ3n) is 4.56. The number of thiazole rings is 1. The number of hydrogen-bond acceptors (Lipinski definition) is 4. The minimum atomic E-state index is 0.750. The molecule has 4 rings (SSSR count). The van der Waals surface area contributed by atoms with Gasteiger partial charge in [0.1, 0.15) is 0 Å². The number of morpholine rings is 1. The van der Waals surface area contributed by atoms with Gasteiger partial charge in [0, 0.05) is 10.9 Å². The first-order valence-corrected chi connectivity index (χ1v) is 9.81. The van der Waals surface area contributed by atoms with Crippen LogP contribution in [0, 0.1) is 13.8 Å². The van der Waals surface area contributed by atoms with Gasteiger partial charge in [-0.25, -0.2) is 9.67 Å². The van der Waals surface area contributed by atoms with Crippen LogP contribution in [0.5, 0.6) is 0 Å². The second-order valence-electron chi connectivity index (χ2n) is 6.59. The Morgan fingerprint density at radius 2 is 1.50 bits per heavy atom. The summed E-state index contributed by atoms with van der Waals surface area (Å²) in [6.45, 7) is 7.46. The zero-order valence-electron chi connectivity index (χ0n) is 15.2. The Bertz CT molecular complexity index is 933. The fourth-order valence-electron chi connectivity index (χ4n) is 3.06. The Labute approximate surface area is 158 Å². The van der Waals surface area contributed by atoms with Gasteiger partial charge in [0.25, 0.3) is 0 Å². The SMILES string of the molecule is Cc1ccc(N=c2scc(-c3ccc(C)cc3)n2N2CCOCC2)cc1. The molecule has 0 saturated carbocycles. The molecule has 0 bridgehead atoms. The average molecular weight is 366 g/mol. The van der Waals surface area contributed by atoms with E-state index in [1.54, 1.807) is 11.3 Å². The zero-order valence-corrected chi connectivity index (χ0v) is 16.0. The largest absolute Gasteiger partial charge is 0.378 e. The quantitative estimate of drug-likeness (QED) is 0.701. The van der Waals surface area contributed by atoms with E-state index in [1.165, 1.54) is 22.4 Å². The molecule has 1 fully saturated rings. The first-order chi connectivity index (χ1) is 12.7. The summed E-state index contributed by atoms with van der Waals surface area (Å²) in [7, 11) is 0. The van der Waals surface area contributed by atoms with Crippen molar-refractivity contribution in [2.24, 2.45) is 4.99 Å². The fraction of sp³-hybridized carbons (Fsp3) is 0.286. The van der Waals surface area contributed by atoms with Crippen LogP contribution in [0.1, 0.15) is 11.1 Å². The topological polar surface area (TPSA) is 29.8 Å². The molecule has 0 spiro atoms. The van der Waals surface area contributed by atoms with Crippen molar-refractivity contribution in [3.63, 3.8) is 0 Å². The summed E-state index contributed by atoms with van der Waals surface area (Å²) in [4.78, 5) is 5.91. The normalized spacial score (nSPS) is 15.5. The molecule has 0 radical (unpaired) electrons. The molecule has 5 heteroatoms. The van der Waals surface area contributed by atoms with Crippen LogP contribution in [0.3, 0.4) is 0 Å². The molecule has 0 N–H and O–H groups in total. The summed E-state index contributed by atoms with van der Waals surface area (Å²) in [6.07, 6.45) is 0. The van der Waals surface area contributed by atoms with Gasteiger partial charge in [0.2, 0.25) is 4.80 Å². The van der Waals surface area contributed by atoms with E-state index < -0.39 is 0 Å². The predicted octanol–water partition coefficient (Wildman–Crippen LogP) is 4.03. The Balaban J connectivity index is 1.83. The van der Waals surface area contributed by atoms with Gasteiger partial charge in [0.15, 0.2) is 0 Å². The maximum Gasteiger partial charge on any atom is 0.209 e. The van der Waals surface area contributed by atoms with Crippen LogP contribution < -0.4 is 9.81 Å². The van der Waals surface area contributed by atoms with E-state index in [4.69, 9.17) is 9.73 Å². The molecule has 4 nitrogen and oxygen atoms in total. The molecule has 1 aliphatic heterocycles. The van der Waals surface area contributed by atoms with Crippen molar-refractivity contribution >= 4 is 17.0 Å². The third-order valence-corrected chi connectivity index (χ3v) is 5.38. The standard InChI is InChI=1S/C21H23N3OS/c1-16-3-7-18(8-4-16)20-15-26-21(22-19-9-5-17(2)6-10-19)24(20)23-11-13-25-14-12-23/h3-10,15H,11-14H2,1-2H3. The minimum absolute atomic E-state index is 0.750. The summed E-state index contributed by atoms with van der Waals surface area (Å²) in [5.74, 6) is 0. The number of rotatable bonds is 3. The molecule has 1 aromatic heterocycles. The number of aryl methyl sites for hydroxylation is 2. The van der Waals surface area contributed by atoms with Crippen molar-refractivity contribution in [1.82, 2.24) is 4.68 Å². The van der Waals surface area contributed by atoms with Crippen LogP contribution in [0.25, 0.3) is 11.3 Å². The zero-order chi connectivity index (χ0) is 17.9. The molecule has 134 valence electrons. The second-order valence-corrected chi connectivity index (χ2v) is 7.43. The Hall–Kier alpha value is -2.37. The molecule has 2 heterocycles. The van der Waals surface area contributed by atoms with Crippen LogP contribution in [0.2, 0.25) is 0 Å². The number of benzene rings is 2. The summed E-state index contributed by atoms with van der Waals surface area (Å²) in [5, 5.41) is 4.54. The molecule has 1 aliphatic rings. The highest BCUT2D eigenvalue weighted by Crippen LogP contribution is 2.22. The smallest absolute Gasteiger partial charge is 0.209 e. The maximum atomic E-state index is 5.55. The molecule has 1 saturated heterocycles. The lowest BCUT2D eigenvalue weighted by Gasteiger charge is -2.31. The molecule has 3 aromatic rings. The highest BCUT2D eigenvalue weighted by atomic mass is 32.1. The van der Waals surface area contributed by atoms with Gasteiger partial charge in [-0.1, -0.05) is 47.5 Å². The first kappa shape index (κ1) is 17.1. The Morgan fingerprint density at radius 3 is 2.15 bits per heavy atom. The van der Waals surface area contributed by atoms with E-state index >= 15 is 0 Å². The predicted molar refractivity (Wildman–Crippen MR) is 108 cm³/mol. The molecule has 2 aromatic carbocycles. The van der Waals surface area contributed by atoms with Crippen LogP contribution >= 0.6 is 11.3 Å². The fourth-order valence-corrected chi connectivity index (χ4v) is 3.98. The number of nitrogens with zero attached hydrogens (tertiary/aromatic N) is 3. The van der Waals surface area contributed by atoms with Gasteiger partial charge in [-0.2, -0.15) is 0 Å². The third kappa shape index (κ3) is 3.59. The average Bonchev–Trinajstić information content (AvgIpc) is 3.08. The van der Waals surface area contributed by atoms with Gasteiger partial charge in [0.05, 0.1) is 37.7 Å². The number of ether oxygens (including phenoxy) is 1. The lowest BCUT2D eigenvalue weighted by Crippen LogP contribution is -2.48. The van der Waals surface area contributed by atoms with Crippen molar-refractivity contribution in [2.45, 2.75) is 13.8 Å². The lowest BCUT2D eigenvalue weighted by molar-refractivity contribution is 0.111. The van der Waals surface area contributed by atoms with Crippen LogP contribution in [0.4, 0.5) is 5.69 Å². The number of hydrogen-bond donors (Lipinski definition) is 0. The highest BCUT2D eigenvalue weighted by Gasteiger charge is 2.17. The van der Waals surface area contributed by atoms with Crippen molar-refractivity contribution < 1.29 is 4.74 Å². The molecule has 0 atom stereocenters. The van der Waals surface area contributed by atoms with E-state index in [2.05, 4.69) is 77.4 Å². The van der Waals surface area contributed by atoms with Gasteiger partial charge in [-0.05, 0) is 26.0 Å². The summed E-state index contributed by atoms with van der Waals surface area (Å²) >= 11 is 1.68. The van der Waals surface area contributed by atoms with E-state index in [9.17, 15) is 0 Å². The molecule has 0 aliphatic carbocycles. The maximum absolute atomic E-state index is 5.55. The molecule has 0 unspecified atom stereocenters. The van der Waals surface area contributed by atoms with Crippen LogP contribution in [-0.2, 0) is 4.74 Å². The molecular formula is C21H23N3OS. The van der Waals surface area contributed by atoms with Gasteiger partial charge in [-0.15, -0.1) is 11.3 Å². The molecular weight excluding hydrogens is 342 g/mol. The Kier molecular flexibility index (Phi) is 4.91. The minimum Gasteiger partial charge on any atom is -0.378 e. The van der Waals surface area contributed by atoms with Crippen molar-refractivity contribution in [2.75, 3.05) is 31.3 Å². The van der Waals surface area contributed by atoms with E-state index in [-0.39, 0.29) is 0 Å². The Morgan fingerprint density at radius 1 is 0.885 bits per heavy atom. The highest BCUT2D eigenvalue weighted by molar-refractivity contribution is 7.07. The van der Waals surface area contributed by atoms with E-state index in [0.29, 0.717) is 0 Å². The summed E-state index contributed by atoms with van der Waals surface area (Å²) in [6, 6.07) is 17.0.